The summed E-state index contributed by atoms with van der Waals surface area (Å²) in [5.41, 5.74) is 0. The van der Waals surface area contributed by atoms with E-state index >= 15 is 0 Å². The largest absolute Gasteiger partial charge is 0.480 e. The Morgan fingerprint density at radius 3 is 2.69 bits per heavy atom. The molecule has 0 fully saturated rings. The normalized spacial score (nSPS) is 8.88. The molecule has 90 valence electrons. The van der Waals surface area contributed by atoms with E-state index in [4.69, 9.17) is 9.84 Å². The summed E-state index contributed by atoms with van der Waals surface area (Å²) in [4.78, 5) is 23.2. The van der Waals surface area contributed by atoms with Crippen molar-refractivity contribution in [3.63, 3.8) is 0 Å². The Hall–Kier alpha value is -1.74. The van der Waals surface area contributed by atoms with Crippen LogP contribution in [0.5, 0.6) is 0 Å². The first kappa shape index (κ1) is 14.3. The standard InChI is InChI=1S/C10H16N2O4/c1-3-4-5-11-10(15)12(6-7-16-2)8-9(13)14/h5-8H2,1-2H3,(H,11,15)(H,13,14). The number of urea groups is 1. The summed E-state index contributed by atoms with van der Waals surface area (Å²) in [6, 6.07) is -0.456. The predicted octanol–water partition coefficient (Wildman–Crippen LogP) is -0.248. The number of ether oxygens (including phenoxy) is 1. The van der Waals surface area contributed by atoms with Gasteiger partial charge in [0.1, 0.15) is 6.54 Å². The minimum absolute atomic E-state index is 0.207. The van der Waals surface area contributed by atoms with Crippen LogP contribution in [0.2, 0.25) is 0 Å². The summed E-state index contributed by atoms with van der Waals surface area (Å²) in [5, 5.41) is 11.1. The molecule has 0 atom stereocenters. The van der Waals surface area contributed by atoms with Crippen molar-refractivity contribution < 1.29 is 19.4 Å². The van der Waals surface area contributed by atoms with Gasteiger partial charge in [-0.3, -0.25) is 4.79 Å². The molecule has 0 rings (SSSR count). The Morgan fingerprint density at radius 2 is 2.19 bits per heavy atom. The van der Waals surface area contributed by atoms with E-state index < -0.39 is 12.0 Å². The lowest BCUT2D eigenvalue weighted by Crippen LogP contribution is -2.44. The van der Waals surface area contributed by atoms with Crippen LogP contribution >= 0.6 is 0 Å². The van der Waals surface area contributed by atoms with E-state index in [0.717, 1.165) is 4.90 Å². The van der Waals surface area contributed by atoms with Crippen molar-refractivity contribution >= 4 is 12.0 Å². The van der Waals surface area contributed by atoms with Crippen LogP contribution in [0.15, 0.2) is 0 Å². The summed E-state index contributed by atoms with van der Waals surface area (Å²) in [7, 11) is 1.49. The number of hydrogen-bond acceptors (Lipinski definition) is 3. The number of carbonyl (C=O) groups excluding carboxylic acids is 1. The van der Waals surface area contributed by atoms with Gasteiger partial charge >= 0.3 is 12.0 Å². The number of nitrogens with zero attached hydrogens (tertiary/aromatic N) is 1. The molecule has 0 aliphatic heterocycles. The molecule has 0 aromatic heterocycles. The van der Waals surface area contributed by atoms with Gasteiger partial charge in [-0.15, -0.1) is 5.92 Å². The van der Waals surface area contributed by atoms with Gasteiger partial charge in [0.15, 0.2) is 0 Å². The molecule has 2 amide bonds. The molecule has 0 aromatic carbocycles. The zero-order valence-corrected chi connectivity index (χ0v) is 9.45. The topological polar surface area (TPSA) is 78.9 Å². The smallest absolute Gasteiger partial charge is 0.323 e. The maximum absolute atomic E-state index is 11.5. The lowest BCUT2D eigenvalue weighted by atomic mass is 10.5. The second kappa shape index (κ2) is 8.56. The number of amides is 2. The molecule has 0 aliphatic rings. The third-order valence-electron chi connectivity index (χ3n) is 1.68. The fraction of sp³-hybridized carbons (Fsp3) is 0.600. The van der Waals surface area contributed by atoms with E-state index in [1.165, 1.54) is 7.11 Å². The van der Waals surface area contributed by atoms with Crippen LogP contribution in [0.3, 0.4) is 0 Å². The molecule has 0 aromatic rings. The molecule has 0 saturated carbocycles. The molecular weight excluding hydrogens is 212 g/mol. The number of carbonyl (C=O) groups is 2. The molecule has 0 saturated heterocycles. The summed E-state index contributed by atoms with van der Waals surface area (Å²) >= 11 is 0. The Morgan fingerprint density at radius 1 is 1.50 bits per heavy atom. The molecule has 2 N–H and O–H groups in total. The number of carboxylic acid groups (broad SMARTS) is 1. The van der Waals surface area contributed by atoms with Gasteiger partial charge in [0, 0.05) is 13.7 Å². The van der Waals surface area contributed by atoms with Gasteiger partial charge in [0.05, 0.1) is 13.2 Å². The number of aliphatic carboxylic acids is 1. The quantitative estimate of drug-likeness (QED) is 0.614. The van der Waals surface area contributed by atoms with E-state index in [-0.39, 0.29) is 19.6 Å². The molecule has 0 bridgehead atoms. The van der Waals surface area contributed by atoms with E-state index in [2.05, 4.69) is 17.2 Å². The summed E-state index contributed by atoms with van der Waals surface area (Å²) in [6.45, 7) is 2.04. The lowest BCUT2D eigenvalue weighted by molar-refractivity contribution is -0.137. The van der Waals surface area contributed by atoms with Crippen molar-refractivity contribution in [2.75, 3.05) is 33.4 Å². The first-order valence-corrected chi connectivity index (χ1v) is 4.75. The fourth-order valence-corrected chi connectivity index (χ4v) is 0.937. The maximum Gasteiger partial charge on any atom is 0.323 e. The van der Waals surface area contributed by atoms with Gasteiger partial charge in [0.25, 0.3) is 0 Å². The number of nitrogens with one attached hydrogen (secondary N) is 1. The SMILES string of the molecule is CC#CCNC(=O)N(CCOC)CC(=O)O. The molecule has 16 heavy (non-hydrogen) atoms. The number of rotatable bonds is 6. The van der Waals surface area contributed by atoms with E-state index in [1.807, 2.05) is 0 Å². The predicted molar refractivity (Wildman–Crippen MR) is 57.9 cm³/mol. The highest BCUT2D eigenvalue weighted by Gasteiger charge is 2.15. The van der Waals surface area contributed by atoms with E-state index in [0.29, 0.717) is 6.61 Å². The number of hydrogen-bond donors (Lipinski definition) is 2. The molecular formula is C10H16N2O4. The van der Waals surface area contributed by atoms with Crippen LogP contribution in [0.4, 0.5) is 4.79 Å². The average molecular weight is 228 g/mol. The Kier molecular flexibility index (Phi) is 7.63. The van der Waals surface area contributed by atoms with Crippen molar-refractivity contribution in [1.29, 1.82) is 0 Å². The highest BCUT2D eigenvalue weighted by atomic mass is 16.5. The lowest BCUT2D eigenvalue weighted by Gasteiger charge is -2.19. The van der Waals surface area contributed by atoms with Crippen molar-refractivity contribution in [3.05, 3.63) is 0 Å². The molecule has 0 heterocycles. The van der Waals surface area contributed by atoms with Crippen LogP contribution < -0.4 is 5.32 Å². The van der Waals surface area contributed by atoms with Crippen LogP contribution in [-0.2, 0) is 9.53 Å². The maximum atomic E-state index is 11.5. The van der Waals surface area contributed by atoms with Gasteiger partial charge in [-0.2, -0.15) is 0 Å². The minimum atomic E-state index is -1.06. The third-order valence-corrected chi connectivity index (χ3v) is 1.68. The zero-order chi connectivity index (χ0) is 12.4. The van der Waals surface area contributed by atoms with Gasteiger partial charge in [0.2, 0.25) is 0 Å². The van der Waals surface area contributed by atoms with Crippen molar-refractivity contribution in [3.8, 4) is 11.8 Å². The Bertz CT molecular complexity index is 293. The second-order valence-electron chi connectivity index (χ2n) is 2.89. The van der Waals surface area contributed by atoms with E-state index in [9.17, 15) is 9.59 Å². The van der Waals surface area contributed by atoms with Crippen LogP contribution in [0.1, 0.15) is 6.92 Å². The van der Waals surface area contributed by atoms with Crippen LogP contribution in [0, 0.1) is 11.8 Å². The zero-order valence-electron chi connectivity index (χ0n) is 9.45. The van der Waals surface area contributed by atoms with Crippen molar-refractivity contribution in [1.82, 2.24) is 10.2 Å². The second-order valence-corrected chi connectivity index (χ2v) is 2.89. The summed E-state index contributed by atoms with van der Waals surface area (Å²) in [5.74, 6) is 4.22. The fourth-order valence-electron chi connectivity index (χ4n) is 0.937. The van der Waals surface area contributed by atoms with Crippen LogP contribution in [0.25, 0.3) is 0 Å². The minimum Gasteiger partial charge on any atom is -0.480 e. The van der Waals surface area contributed by atoms with Gasteiger partial charge in [-0.1, -0.05) is 5.92 Å². The third kappa shape index (κ3) is 6.68. The van der Waals surface area contributed by atoms with Gasteiger partial charge < -0.3 is 20.1 Å². The molecule has 6 heteroatoms. The van der Waals surface area contributed by atoms with Crippen LogP contribution in [-0.4, -0.2) is 55.4 Å². The monoisotopic (exact) mass is 228 g/mol. The first-order chi connectivity index (χ1) is 7.61. The molecule has 0 spiro atoms. The van der Waals surface area contributed by atoms with Crippen molar-refractivity contribution in [2.24, 2.45) is 0 Å². The average Bonchev–Trinajstić information content (AvgIpc) is 2.23. The molecule has 0 radical (unpaired) electrons. The van der Waals surface area contributed by atoms with Crippen molar-refractivity contribution in [2.45, 2.75) is 6.92 Å². The van der Waals surface area contributed by atoms with Gasteiger partial charge in [-0.25, -0.2) is 4.79 Å². The number of carboxylic acids is 1. The number of methoxy groups -OCH3 is 1. The highest BCUT2D eigenvalue weighted by molar-refractivity contribution is 5.80. The van der Waals surface area contributed by atoms with Gasteiger partial charge in [-0.05, 0) is 6.92 Å². The Balaban J connectivity index is 4.17. The molecule has 6 nitrogen and oxygen atoms in total. The highest BCUT2D eigenvalue weighted by Crippen LogP contribution is 1.90. The van der Waals surface area contributed by atoms with E-state index in [1.54, 1.807) is 6.92 Å². The molecule has 0 aliphatic carbocycles. The molecule has 0 unspecified atom stereocenters. The Labute approximate surface area is 94.6 Å². The first-order valence-electron chi connectivity index (χ1n) is 4.75. The summed E-state index contributed by atoms with van der Waals surface area (Å²) in [6.07, 6.45) is 0. The summed E-state index contributed by atoms with van der Waals surface area (Å²) < 4.78 is 4.79.